The summed E-state index contributed by atoms with van der Waals surface area (Å²) in [5, 5.41) is 10.2. The number of aromatic hydroxyl groups is 1. The standard InChI is InChI=1S/C22H22O2/c1-3-18-13-20(19-11-9-16(2)10-12-19)22(14-21(18)23)24-15-17-7-5-4-6-8-17/h4-14,23H,3,15H2,1-2H3. The third kappa shape index (κ3) is 3.60. The summed E-state index contributed by atoms with van der Waals surface area (Å²) in [6.07, 6.45) is 0.781. The molecule has 24 heavy (non-hydrogen) atoms. The maximum absolute atomic E-state index is 10.2. The van der Waals surface area contributed by atoms with Crippen LogP contribution < -0.4 is 4.74 Å². The lowest BCUT2D eigenvalue weighted by molar-refractivity contribution is 0.305. The van der Waals surface area contributed by atoms with Crippen LogP contribution in [-0.4, -0.2) is 5.11 Å². The Morgan fingerprint density at radius 1 is 0.917 bits per heavy atom. The molecule has 3 rings (SSSR count). The van der Waals surface area contributed by atoms with Gasteiger partial charge in [0.25, 0.3) is 0 Å². The number of rotatable bonds is 5. The van der Waals surface area contributed by atoms with Gasteiger partial charge in [0, 0.05) is 11.6 Å². The Morgan fingerprint density at radius 2 is 1.62 bits per heavy atom. The van der Waals surface area contributed by atoms with Crippen LogP contribution >= 0.6 is 0 Å². The summed E-state index contributed by atoms with van der Waals surface area (Å²) in [6.45, 7) is 4.59. The molecule has 0 aliphatic rings. The maximum Gasteiger partial charge on any atom is 0.131 e. The highest BCUT2D eigenvalue weighted by atomic mass is 16.5. The van der Waals surface area contributed by atoms with Crippen LogP contribution in [0.25, 0.3) is 11.1 Å². The summed E-state index contributed by atoms with van der Waals surface area (Å²) in [5.41, 5.74) is 5.36. The average molecular weight is 318 g/mol. The second-order valence-corrected chi connectivity index (χ2v) is 5.97. The van der Waals surface area contributed by atoms with E-state index >= 15 is 0 Å². The van der Waals surface area contributed by atoms with Gasteiger partial charge in [0.2, 0.25) is 0 Å². The van der Waals surface area contributed by atoms with E-state index in [9.17, 15) is 5.11 Å². The fourth-order valence-electron chi connectivity index (χ4n) is 2.71. The molecule has 122 valence electrons. The number of ether oxygens (including phenoxy) is 1. The van der Waals surface area contributed by atoms with Crippen molar-refractivity contribution in [1.29, 1.82) is 0 Å². The van der Waals surface area contributed by atoms with E-state index in [2.05, 4.69) is 31.2 Å². The highest BCUT2D eigenvalue weighted by Gasteiger charge is 2.12. The molecular weight excluding hydrogens is 296 g/mol. The van der Waals surface area contributed by atoms with Crippen molar-refractivity contribution in [3.63, 3.8) is 0 Å². The highest BCUT2D eigenvalue weighted by Crippen LogP contribution is 2.36. The van der Waals surface area contributed by atoms with E-state index in [4.69, 9.17) is 4.74 Å². The molecule has 3 aromatic rings. The molecular formula is C22H22O2. The molecule has 0 aromatic heterocycles. The summed E-state index contributed by atoms with van der Waals surface area (Å²) < 4.78 is 6.03. The van der Waals surface area contributed by atoms with Crippen LogP contribution in [0.3, 0.4) is 0 Å². The Kier molecular flexibility index (Phi) is 4.85. The van der Waals surface area contributed by atoms with Crippen LogP contribution in [0.5, 0.6) is 11.5 Å². The van der Waals surface area contributed by atoms with Gasteiger partial charge in [-0.05, 0) is 36.1 Å². The summed E-state index contributed by atoms with van der Waals surface area (Å²) in [7, 11) is 0. The van der Waals surface area contributed by atoms with Crippen molar-refractivity contribution < 1.29 is 9.84 Å². The average Bonchev–Trinajstić information content (AvgIpc) is 2.62. The first kappa shape index (κ1) is 16.1. The molecule has 0 bridgehead atoms. The molecule has 0 saturated carbocycles. The van der Waals surface area contributed by atoms with Crippen molar-refractivity contribution in [3.05, 3.63) is 83.4 Å². The lowest BCUT2D eigenvalue weighted by atomic mass is 9.99. The van der Waals surface area contributed by atoms with Crippen LogP contribution in [0.4, 0.5) is 0 Å². The van der Waals surface area contributed by atoms with E-state index in [1.807, 2.05) is 43.3 Å². The molecule has 0 aliphatic heterocycles. The molecule has 0 amide bonds. The predicted molar refractivity (Wildman–Crippen MR) is 98.4 cm³/mol. The number of aryl methyl sites for hydroxylation is 2. The van der Waals surface area contributed by atoms with Gasteiger partial charge < -0.3 is 9.84 Å². The van der Waals surface area contributed by atoms with Gasteiger partial charge in [-0.2, -0.15) is 0 Å². The SMILES string of the molecule is CCc1cc(-c2ccc(C)cc2)c(OCc2ccccc2)cc1O. The van der Waals surface area contributed by atoms with Crippen molar-refractivity contribution in [3.8, 4) is 22.6 Å². The van der Waals surface area contributed by atoms with E-state index < -0.39 is 0 Å². The Hall–Kier alpha value is -2.74. The van der Waals surface area contributed by atoms with Gasteiger partial charge >= 0.3 is 0 Å². The second kappa shape index (κ2) is 7.22. The number of hydrogen-bond acceptors (Lipinski definition) is 2. The third-order valence-corrected chi connectivity index (χ3v) is 4.16. The molecule has 1 N–H and O–H groups in total. The molecule has 0 saturated heterocycles. The highest BCUT2D eigenvalue weighted by molar-refractivity contribution is 5.73. The van der Waals surface area contributed by atoms with E-state index in [0.717, 1.165) is 28.7 Å². The molecule has 2 heteroatoms. The summed E-state index contributed by atoms with van der Waals surface area (Å²) in [6, 6.07) is 22.2. The van der Waals surface area contributed by atoms with Crippen molar-refractivity contribution in [2.75, 3.05) is 0 Å². The molecule has 0 spiro atoms. The van der Waals surface area contributed by atoms with Gasteiger partial charge in [0.1, 0.15) is 18.1 Å². The van der Waals surface area contributed by atoms with Gasteiger partial charge in [-0.15, -0.1) is 0 Å². The first-order chi connectivity index (χ1) is 11.7. The lowest BCUT2D eigenvalue weighted by Crippen LogP contribution is -1.98. The number of hydrogen-bond donors (Lipinski definition) is 1. The third-order valence-electron chi connectivity index (χ3n) is 4.16. The summed E-state index contributed by atoms with van der Waals surface area (Å²) in [4.78, 5) is 0. The van der Waals surface area contributed by atoms with Crippen LogP contribution in [0.1, 0.15) is 23.6 Å². The van der Waals surface area contributed by atoms with Crippen molar-refractivity contribution in [2.24, 2.45) is 0 Å². The molecule has 3 aromatic carbocycles. The van der Waals surface area contributed by atoms with Crippen LogP contribution in [-0.2, 0) is 13.0 Å². The normalized spacial score (nSPS) is 10.6. The number of benzene rings is 3. The molecule has 0 unspecified atom stereocenters. The fourth-order valence-corrected chi connectivity index (χ4v) is 2.71. The van der Waals surface area contributed by atoms with Gasteiger partial charge in [0.05, 0.1) is 0 Å². The lowest BCUT2D eigenvalue weighted by Gasteiger charge is -2.15. The Balaban J connectivity index is 1.97. The molecule has 0 heterocycles. The second-order valence-electron chi connectivity index (χ2n) is 5.97. The summed E-state index contributed by atoms with van der Waals surface area (Å²) in [5.74, 6) is 0.994. The largest absolute Gasteiger partial charge is 0.508 e. The van der Waals surface area contributed by atoms with Crippen LogP contribution in [0, 0.1) is 6.92 Å². The molecule has 0 radical (unpaired) electrons. The minimum Gasteiger partial charge on any atom is -0.508 e. The van der Waals surface area contributed by atoms with Crippen molar-refractivity contribution >= 4 is 0 Å². The minimum absolute atomic E-state index is 0.288. The van der Waals surface area contributed by atoms with Gasteiger partial charge in [-0.25, -0.2) is 0 Å². The predicted octanol–water partition coefficient (Wildman–Crippen LogP) is 5.51. The van der Waals surface area contributed by atoms with E-state index in [-0.39, 0.29) is 5.75 Å². The van der Waals surface area contributed by atoms with Crippen LogP contribution in [0.2, 0.25) is 0 Å². The van der Waals surface area contributed by atoms with E-state index in [1.165, 1.54) is 5.56 Å². The smallest absolute Gasteiger partial charge is 0.131 e. The maximum atomic E-state index is 10.2. The van der Waals surface area contributed by atoms with Gasteiger partial charge in [-0.3, -0.25) is 0 Å². The Morgan fingerprint density at radius 3 is 2.29 bits per heavy atom. The van der Waals surface area contributed by atoms with Gasteiger partial charge in [0.15, 0.2) is 0 Å². The Labute approximate surface area is 143 Å². The zero-order valence-corrected chi connectivity index (χ0v) is 14.1. The monoisotopic (exact) mass is 318 g/mol. The first-order valence-corrected chi connectivity index (χ1v) is 8.27. The first-order valence-electron chi connectivity index (χ1n) is 8.27. The van der Waals surface area contributed by atoms with Crippen molar-refractivity contribution in [2.45, 2.75) is 26.9 Å². The zero-order chi connectivity index (χ0) is 16.9. The Bertz CT molecular complexity index is 805. The zero-order valence-electron chi connectivity index (χ0n) is 14.1. The minimum atomic E-state index is 0.288. The molecule has 0 aliphatic carbocycles. The molecule has 0 atom stereocenters. The quantitative estimate of drug-likeness (QED) is 0.672. The molecule has 2 nitrogen and oxygen atoms in total. The summed E-state index contributed by atoms with van der Waals surface area (Å²) >= 11 is 0. The fraction of sp³-hybridized carbons (Fsp3) is 0.182. The van der Waals surface area contributed by atoms with Crippen molar-refractivity contribution in [1.82, 2.24) is 0 Å². The van der Waals surface area contributed by atoms with Gasteiger partial charge in [-0.1, -0.05) is 67.1 Å². The van der Waals surface area contributed by atoms with E-state index in [1.54, 1.807) is 6.07 Å². The van der Waals surface area contributed by atoms with Crippen LogP contribution in [0.15, 0.2) is 66.7 Å². The topological polar surface area (TPSA) is 29.5 Å². The molecule has 0 fully saturated rings. The number of phenols is 1. The number of phenolic OH excluding ortho intramolecular Hbond substituents is 1. The van der Waals surface area contributed by atoms with E-state index in [0.29, 0.717) is 12.4 Å².